The van der Waals surface area contributed by atoms with Crippen molar-refractivity contribution in [3.05, 3.63) is 30.2 Å². The molecule has 1 unspecified atom stereocenters. The van der Waals surface area contributed by atoms with Gasteiger partial charge in [0.1, 0.15) is 11.6 Å². The van der Waals surface area contributed by atoms with Gasteiger partial charge >= 0.3 is 5.97 Å². The third-order valence-corrected chi connectivity index (χ3v) is 3.03. The molecule has 0 aliphatic rings. The molecule has 0 amide bonds. The van der Waals surface area contributed by atoms with Crippen LogP contribution in [0.1, 0.15) is 26.2 Å². The van der Waals surface area contributed by atoms with Gasteiger partial charge in [-0.2, -0.15) is 0 Å². The van der Waals surface area contributed by atoms with Gasteiger partial charge in [-0.1, -0.05) is 26.0 Å². The first-order valence-corrected chi connectivity index (χ1v) is 6.75. The second kappa shape index (κ2) is 6.52. The summed E-state index contributed by atoms with van der Waals surface area (Å²) in [5, 5.41) is 3.15. The van der Waals surface area contributed by atoms with E-state index in [1.54, 1.807) is 0 Å². The molecule has 1 heterocycles. The molecule has 108 valence electrons. The van der Waals surface area contributed by atoms with Crippen LogP contribution in [0.2, 0.25) is 0 Å². The summed E-state index contributed by atoms with van der Waals surface area (Å²) < 4.78 is 10.4. The van der Waals surface area contributed by atoms with Gasteiger partial charge in [0.2, 0.25) is 5.89 Å². The minimum absolute atomic E-state index is 0.255. The Kier molecular flexibility index (Phi) is 4.74. The molecule has 0 fully saturated rings. The summed E-state index contributed by atoms with van der Waals surface area (Å²) in [6, 6.07) is 7.25. The summed E-state index contributed by atoms with van der Waals surface area (Å²) >= 11 is 0. The molecule has 1 N–H and O–H groups in total. The van der Waals surface area contributed by atoms with Crippen LogP contribution in [-0.4, -0.2) is 24.1 Å². The van der Waals surface area contributed by atoms with Crippen molar-refractivity contribution in [2.24, 2.45) is 5.92 Å². The largest absolute Gasteiger partial charge is 0.468 e. The van der Waals surface area contributed by atoms with Crippen LogP contribution in [0.15, 0.2) is 28.7 Å². The summed E-state index contributed by atoms with van der Waals surface area (Å²) in [5.74, 6) is 0.717. The van der Waals surface area contributed by atoms with E-state index in [2.05, 4.69) is 24.1 Å². The van der Waals surface area contributed by atoms with Crippen LogP contribution >= 0.6 is 0 Å². The van der Waals surface area contributed by atoms with E-state index in [4.69, 9.17) is 9.15 Å². The van der Waals surface area contributed by atoms with Crippen molar-refractivity contribution in [2.75, 3.05) is 7.11 Å². The zero-order valence-corrected chi connectivity index (χ0v) is 12.1. The van der Waals surface area contributed by atoms with E-state index in [0.29, 0.717) is 24.8 Å². The van der Waals surface area contributed by atoms with Gasteiger partial charge in [0.15, 0.2) is 5.58 Å². The highest BCUT2D eigenvalue weighted by molar-refractivity contribution is 5.75. The Labute approximate surface area is 118 Å². The van der Waals surface area contributed by atoms with E-state index in [1.165, 1.54) is 7.11 Å². The number of hydrogen-bond donors (Lipinski definition) is 1. The number of oxazole rings is 1. The molecule has 0 saturated heterocycles. The molecule has 0 radical (unpaired) electrons. The molecule has 1 aromatic carbocycles. The monoisotopic (exact) mass is 276 g/mol. The summed E-state index contributed by atoms with van der Waals surface area (Å²) in [6.45, 7) is 4.54. The Hall–Kier alpha value is -1.88. The van der Waals surface area contributed by atoms with Crippen LogP contribution in [0.25, 0.3) is 11.1 Å². The number of hydrogen-bond acceptors (Lipinski definition) is 5. The van der Waals surface area contributed by atoms with Crippen LogP contribution in [-0.2, 0) is 16.1 Å². The summed E-state index contributed by atoms with van der Waals surface area (Å²) in [5.41, 5.74) is 1.57. The molecule has 5 nitrogen and oxygen atoms in total. The molecular weight excluding hydrogens is 256 g/mol. The molecule has 0 aliphatic carbocycles. The van der Waals surface area contributed by atoms with E-state index in [-0.39, 0.29) is 12.0 Å². The maximum atomic E-state index is 11.7. The Morgan fingerprint density at radius 3 is 2.80 bits per heavy atom. The summed E-state index contributed by atoms with van der Waals surface area (Å²) in [6.07, 6.45) is 0.715. The molecule has 0 saturated carbocycles. The molecule has 1 aromatic heterocycles. The highest BCUT2D eigenvalue weighted by Crippen LogP contribution is 2.15. The highest BCUT2D eigenvalue weighted by Gasteiger charge is 2.20. The van der Waals surface area contributed by atoms with E-state index >= 15 is 0 Å². The summed E-state index contributed by atoms with van der Waals surface area (Å²) in [4.78, 5) is 16.1. The van der Waals surface area contributed by atoms with Crippen LogP contribution in [0.3, 0.4) is 0 Å². The number of rotatable bonds is 6. The molecule has 0 aliphatic heterocycles. The minimum Gasteiger partial charge on any atom is -0.468 e. The number of ether oxygens (including phenoxy) is 1. The van der Waals surface area contributed by atoms with E-state index in [0.717, 1.165) is 11.1 Å². The molecule has 5 heteroatoms. The van der Waals surface area contributed by atoms with Gasteiger partial charge in [0.25, 0.3) is 0 Å². The number of carbonyl (C=O) groups excluding carboxylic acids is 1. The van der Waals surface area contributed by atoms with Gasteiger partial charge in [-0.3, -0.25) is 10.1 Å². The fourth-order valence-corrected chi connectivity index (χ4v) is 2.08. The van der Waals surface area contributed by atoms with E-state index in [9.17, 15) is 4.79 Å². The molecule has 0 spiro atoms. The lowest BCUT2D eigenvalue weighted by Gasteiger charge is -2.17. The second-order valence-electron chi connectivity index (χ2n) is 5.16. The number of benzene rings is 1. The Morgan fingerprint density at radius 2 is 2.15 bits per heavy atom. The predicted molar refractivity (Wildman–Crippen MR) is 76.1 cm³/mol. The highest BCUT2D eigenvalue weighted by atomic mass is 16.5. The fourth-order valence-electron chi connectivity index (χ4n) is 2.08. The van der Waals surface area contributed by atoms with E-state index < -0.39 is 0 Å². The van der Waals surface area contributed by atoms with Gasteiger partial charge in [-0.15, -0.1) is 0 Å². The topological polar surface area (TPSA) is 64.4 Å². The third-order valence-electron chi connectivity index (χ3n) is 3.03. The smallest absolute Gasteiger partial charge is 0.322 e. The van der Waals surface area contributed by atoms with Gasteiger partial charge < -0.3 is 9.15 Å². The van der Waals surface area contributed by atoms with Gasteiger partial charge in [-0.05, 0) is 24.5 Å². The van der Waals surface area contributed by atoms with Crippen LogP contribution < -0.4 is 5.32 Å². The zero-order valence-electron chi connectivity index (χ0n) is 12.1. The molecule has 2 rings (SSSR count). The molecule has 1 atom stereocenters. The normalized spacial score (nSPS) is 12.8. The number of nitrogens with zero attached hydrogens (tertiary/aromatic N) is 1. The maximum Gasteiger partial charge on any atom is 0.322 e. The lowest BCUT2D eigenvalue weighted by atomic mass is 10.0. The summed E-state index contributed by atoms with van der Waals surface area (Å²) in [7, 11) is 1.40. The molecule has 0 bridgehead atoms. The first-order valence-electron chi connectivity index (χ1n) is 6.75. The number of nitrogens with one attached hydrogen (secondary N) is 1. The molecule has 2 aromatic rings. The number of esters is 1. The van der Waals surface area contributed by atoms with Crippen LogP contribution in [0, 0.1) is 5.92 Å². The number of para-hydroxylation sites is 2. The third kappa shape index (κ3) is 3.57. The SMILES string of the molecule is COC(=O)C(CC(C)C)NCc1nc2ccccc2o1. The van der Waals surface area contributed by atoms with Crippen molar-refractivity contribution in [1.29, 1.82) is 0 Å². The maximum absolute atomic E-state index is 11.7. The predicted octanol–water partition coefficient (Wildman–Crippen LogP) is 2.51. The quantitative estimate of drug-likeness (QED) is 0.821. The van der Waals surface area contributed by atoms with Crippen LogP contribution in [0.5, 0.6) is 0 Å². The van der Waals surface area contributed by atoms with Gasteiger partial charge in [0.05, 0.1) is 13.7 Å². The molecular formula is C15H20N2O3. The lowest BCUT2D eigenvalue weighted by molar-refractivity contribution is -0.143. The van der Waals surface area contributed by atoms with Crippen molar-refractivity contribution < 1.29 is 13.9 Å². The van der Waals surface area contributed by atoms with Crippen molar-refractivity contribution in [3.8, 4) is 0 Å². The zero-order chi connectivity index (χ0) is 14.5. The second-order valence-corrected chi connectivity index (χ2v) is 5.16. The fraction of sp³-hybridized carbons (Fsp3) is 0.467. The Balaban J connectivity index is 2.02. The number of fused-ring (bicyclic) bond motifs is 1. The van der Waals surface area contributed by atoms with E-state index in [1.807, 2.05) is 24.3 Å². The standard InChI is InChI=1S/C15H20N2O3/c1-10(2)8-12(15(18)19-3)16-9-14-17-11-6-4-5-7-13(11)20-14/h4-7,10,12,16H,8-9H2,1-3H3. The first kappa shape index (κ1) is 14.5. The van der Waals surface area contributed by atoms with Crippen molar-refractivity contribution >= 4 is 17.1 Å². The minimum atomic E-state index is -0.338. The Bertz CT molecular complexity index is 544. The number of methoxy groups -OCH3 is 1. The average Bonchev–Trinajstić information content (AvgIpc) is 2.84. The lowest BCUT2D eigenvalue weighted by Crippen LogP contribution is -2.38. The average molecular weight is 276 g/mol. The first-order chi connectivity index (χ1) is 9.60. The van der Waals surface area contributed by atoms with Crippen molar-refractivity contribution in [2.45, 2.75) is 32.9 Å². The molecule has 20 heavy (non-hydrogen) atoms. The van der Waals surface area contributed by atoms with Crippen LogP contribution in [0.4, 0.5) is 0 Å². The van der Waals surface area contributed by atoms with Crippen molar-refractivity contribution in [3.63, 3.8) is 0 Å². The van der Waals surface area contributed by atoms with Gasteiger partial charge in [0, 0.05) is 0 Å². The van der Waals surface area contributed by atoms with Gasteiger partial charge in [-0.25, -0.2) is 4.98 Å². The number of carbonyl (C=O) groups is 1. The number of aromatic nitrogens is 1. The van der Waals surface area contributed by atoms with Crippen molar-refractivity contribution in [1.82, 2.24) is 10.3 Å². The Morgan fingerprint density at radius 1 is 1.40 bits per heavy atom.